The summed E-state index contributed by atoms with van der Waals surface area (Å²) in [6.07, 6.45) is 3.89. The van der Waals surface area contributed by atoms with E-state index in [-0.39, 0.29) is 11.8 Å². The number of amides is 1. The Labute approximate surface area is 209 Å². The Morgan fingerprint density at radius 1 is 1.14 bits per heavy atom. The predicted molar refractivity (Wildman–Crippen MR) is 136 cm³/mol. The van der Waals surface area contributed by atoms with E-state index < -0.39 is 0 Å². The van der Waals surface area contributed by atoms with Gasteiger partial charge in [0.25, 0.3) is 0 Å². The molecular weight excluding hydrogens is 462 g/mol. The number of hydrogen-bond acceptors (Lipinski definition) is 9. The summed E-state index contributed by atoms with van der Waals surface area (Å²) in [7, 11) is 1.67. The second-order valence-corrected chi connectivity index (χ2v) is 8.90. The van der Waals surface area contributed by atoms with Gasteiger partial charge in [0.05, 0.1) is 36.4 Å². The fraction of sp³-hybridized carbons (Fsp3) is 0.440. The lowest BCUT2D eigenvalue weighted by Gasteiger charge is -2.36. The van der Waals surface area contributed by atoms with E-state index in [9.17, 15) is 9.90 Å². The Bertz CT molecular complexity index is 1240. The molecule has 36 heavy (non-hydrogen) atoms. The molecule has 1 fully saturated rings. The molecule has 2 aromatic heterocycles. The molecule has 1 saturated heterocycles. The van der Waals surface area contributed by atoms with Crippen LogP contribution in [0.15, 0.2) is 35.6 Å². The summed E-state index contributed by atoms with van der Waals surface area (Å²) in [4.78, 5) is 35.6. The van der Waals surface area contributed by atoms with E-state index in [1.165, 1.54) is 6.33 Å². The number of rotatable bonds is 3. The number of H-pyrrole nitrogens is 1. The van der Waals surface area contributed by atoms with Crippen molar-refractivity contribution < 1.29 is 19.4 Å². The number of piperazine rings is 1. The third-order valence-electron chi connectivity index (χ3n) is 6.54. The number of aliphatic imine (C=N–C) groups is 1. The maximum atomic E-state index is 13.1. The van der Waals surface area contributed by atoms with Crippen LogP contribution in [0.25, 0.3) is 11.0 Å². The maximum absolute atomic E-state index is 13.1. The number of carbonyl (C=O) groups excluding carboxylic acids is 1. The van der Waals surface area contributed by atoms with Crippen LogP contribution in [0.3, 0.4) is 0 Å². The quantitative estimate of drug-likeness (QED) is 0.567. The average Bonchev–Trinajstić information content (AvgIpc) is 3.23. The first kappa shape index (κ1) is 24.0. The van der Waals surface area contributed by atoms with Crippen LogP contribution in [0.5, 0.6) is 11.6 Å². The summed E-state index contributed by atoms with van der Waals surface area (Å²) in [5.41, 5.74) is 1.77. The summed E-state index contributed by atoms with van der Waals surface area (Å²) in [6.45, 7) is 5.31. The first-order valence-electron chi connectivity index (χ1n) is 12.2. The van der Waals surface area contributed by atoms with E-state index in [0.29, 0.717) is 86.3 Å². The molecule has 3 aliphatic heterocycles. The van der Waals surface area contributed by atoms with Gasteiger partial charge < -0.3 is 29.4 Å². The van der Waals surface area contributed by atoms with Crippen molar-refractivity contribution in [1.82, 2.24) is 24.8 Å². The topological polar surface area (TPSA) is 119 Å². The van der Waals surface area contributed by atoms with Crippen LogP contribution < -0.4 is 9.64 Å². The second-order valence-electron chi connectivity index (χ2n) is 8.90. The monoisotopic (exact) mass is 493 g/mol. The Hall–Kier alpha value is -3.70. The number of benzene rings is 1. The Morgan fingerprint density at radius 3 is 2.81 bits per heavy atom. The molecule has 3 aromatic rings. The highest BCUT2D eigenvalue weighted by Gasteiger charge is 2.26. The van der Waals surface area contributed by atoms with E-state index >= 15 is 0 Å². The number of carbonyl (C=O) groups is 1. The first-order chi connectivity index (χ1) is 17.6. The minimum atomic E-state index is -0.0150. The highest BCUT2D eigenvalue weighted by molar-refractivity contribution is 6.06. The van der Waals surface area contributed by atoms with Crippen LogP contribution in [0.2, 0.25) is 0 Å². The fourth-order valence-corrected chi connectivity index (χ4v) is 4.60. The van der Waals surface area contributed by atoms with Crippen LogP contribution in [0.1, 0.15) is 12.0 Å². The Balaban J connectivity index is 1.48. The van der Waals surface area contributed by atoms with Crippen molar-refractivity contribution >= 4 is 34.7 Å². The van der Waals surface area contributed by atoms with Gasteiger partial charge >= 0.3 is 0 Å². The minimum absolute atomic E-state index is 0.0150. The van der Waals surface area contributed by atoms with Crippen molar-refractivity contribution in [2.45, 2.75) is 6.42 Å². The predicted octanol–water partition coefficient (Wildman–Crippen LogP) is 1.79. The number of hydrogen-bond donors (Lipinski definition) is 2. The summed E-state index contributed by atoms with van der Waals surface area (Å²) in [6, 6.07) is 7.52. The average molecular weight is 494 g/mol. The van der Waals surface area contributed by atoms with Gasteiger partial charge in [0, 0.05) is 58.7 Å². The summed E-state index contributed by atoms with van der Waals surface area (Å²) in [5, 5.41) is 11.3. The third kappa shape index (κ3) is 5.26. The van der Waals surface area contributed by atoms with E-state index in [2.05, 4.69) is 29.7 Å². The van der Waals surface area contributed by atoms with Gasteiger partial charge in [-0.2, -0.15) is 0 Å². The van der Waals surface area contributed by atoms with E-state index in [0.717, 1.165) is 13.0 Å². The number of aromatic nitrogens is 3. The fourth-order valence-electron chi connectivity index (χ4n) is 4.60. The number of fused-ring (bicyclic) bond motifs is 8. The maximum Gasteiger partial charge on any atom is 0.236 e. The molecule has 0 aliphatic carbocycles. The van der Waals surface area contributed by atoms with Crippen molar-refractivity contribution in [2.24, 2.45) is 4.99 Å². The SMILES string of the molecule is COCCN1CCCOc2cccc(c2)N=Cc2c(O)[nH]c3ncnc(c23)N2CCN(CC2)C(=O)C1. The number of aromatic hydroxyl groups is 1. The van der Waals surface area contributed by atoms with Crippen molar-refractivity contribution in [3.05, 3.63) is 36.2 Å². The minimum Gasteiger partial charge on any atom is -0.494 e. The number of methoxy groups -OCH3 is 1. The van der Waals surface area contributed by atoms with Crippen molar-refractivity contribution in [1.29, 1.82) is 0 Å². The van der Waals surface area contributed by atoms with Crippen LogP contribution >= 0.6 is 0 Å². The van der Waals surface area contributed by atoms with Gasteiger partial charge in [0.15, 0.2) is 5.88 Å². The number of aromatic amines is 1. The molecule has 4 bridgehead atoms. The molecule has 1 amide bonds. The van der Waals surface area contributed by atoms with Gasteiger partial charge in [-0.1, -0.05) is 6.07 Å². The molecule has 11 nitrogen and oxygen atoms in total. The van der Waals surface area contributed by atoms with Gasteiger partial charge in [-0.15, -0.1) is 0 Å². The summed E-state index contributed by atoms with van der Waals surface area (Å²) >= 11 is 0. The molecule has 6 rings (SSSR count). The number of anilines is 1. The lowest BCUT2D eigenvalue weighted by atomic mass is 10.2. The van der Waals surface area contributed by atoms with E-state index in [1.54, 1.807) is 13.3 Å². The summed E-state index contributed by atoms with van der Waals surface area (Å²) in [5.74, 6) is 1.52. The molecule has 190 valence electrons. The van der Waals surface area contributed by atoms with E-state index in [1.807, 2.05) is 29.2 Å². The zero-order valence-corrected chi connectivity index (χ0v) is 20.4. The Kier molecular flexibility index (Phi) is 7.28. The highest BCUT2D eigenvalue weighted by atomic mass is 16.5. The van der Waals surface area contributed by atoms with Gasteiger partial charge in [-0.05, 0) is 18.6 Å². The summed E-state index contributed by atoms with van der Waals surface area (Å²) < 4.78 is 11.2. The molecule has 0 spiro atoms. The van der Waals surface area contributed by atoms with Crippen LogP contribution in [-0.2, 0) is 9.53 Å². The zero-order valence-electron chi connectivity index (χ0n) is 20.4. The van der Waals surface area contributed by atoms with Crippen LogP contribution in [-0.4, -0.2) is 108 Å². The molecule has 0 unspecified atom stereocenters. The third-order valence-corrected chi connectivity index (χ3v) is 6.54. The smallest absolute Gasteiger partial charge is 0.236 e. The van der Waals surface area contributed by atoms with Gasteiger partial charge in [-0.25, -0.2) is 9.97 Å². The zero-order chi connectivity index (χ0) is 24.9. The highest BCUT2D eigenvalue weighted by Crippen LogP contribution is 2.32. The lowest BCUT2D eigenvalue weighted by molar-refractivity contribution is -0.132. The number of ether oxygens (including phenoxy) is 2. The molecule has 0 atom stereocenters. The largest absolute Gasteiger partial charge is 0.494 e. The molecular formula is C25H31N7O4. The van der Waals surface area contributed by atoms with Gasteiger partial charge in [-0.3, -0.25) is 14.7 Å². The number of nitrogens with zero attached hydrogens (tertiary/aromatic N) is 6. The lowest BCUT2D eigenvalue weighted by Crippen LogP contribution is -2.51. The molecule has 0 saturated carbocycles. The van der Waals surface area contributed by atoms with Gasteiger partial charge in [0.1, 0.15) is 23.5 Å². The molecule has 1 aromatic carbocycles. The molecule has 0 radical (unpaired) electrons. The normalized spacial score (nSPS) is 17.6. The first-order valence-corrected chi connectivity index (χ1v) is 12.2. The van der Waals surface area contributed by atoms with Crippen molar-refractivity contribution in [3.63, 3.8) is 0 Å². The van der Waals surface area contributed by atoms with Crippen molar-refractivity contribution in [3.8, 4) is 11.6 Å². The van der Waals surface area contributed by atoms with Crippen LogP contribution in [0, 0.1) is 0 Å². The molecule has 11 heteroatoms. The van der Waals surface area contributed by atoms with Gasteiger partial charge in [0.2, 0.25) is 5.91 Å². The Morgan fingerprint density at radius 2 is 1.97 bits per heavy atom. The van der Waals surface area contributed by atoms with Crippen molar-refractivity contribution in [2.75, 3.05) is 71.0 Å². The van der Waals surface area contributed by atoms with Crippen LogP contribution in [0.4, 0.5) is 11.5 Å². The molecule has 5 heterocycles. The standard InChI is InChI=1S/C25H31N7O4/c1-35-13-11-30-6-3-12-36-19-5-2-4-18(14-19)26-15-20-22-23(29-25(20)34)27-17-28-24(22)32-9-7-31(8-10-32)21(33)16-30/h2,4-5,14-15,17,34H,3,6-13,16H2,1H3,(H,27,28,29). The second kappa shape index (κ2) is 10.9. The molecule has 2 N–H and O–H groups in total. The number of nitrogens with one attached hydrogen (secondary N) is 1. The van der Waals surface area contributed by atoms with E-state index in [4.69, 9.17) is 9.47 Å². The molecule has 3 aliphatic rings.